The Labute approximate surface area is 117 Å². The molecule has 0 radical (unpaired) electrons. The lowest BCUT2D eigenvalue weighted by molar-refractivity contribution is 0.965. The van der Waals surface area contributed by atoms with Gasteiger partial charge in [-0.3, -0.25) is 9.98 Å². The Kier molecular flexibility index (Phi) is 3.17. The summed E-state index contributed by atoms with van der Waals surface area (Å²) >= 11 is 0. The molecule has 3 nitrogen and oxygen atoms in total. The molecule has 0 amide bonds. The van der Waals surface area contributed by atoms with E-state index in [9.17, 15) is 0 Å². The minimum absolute atomic E-state index is 0.874. The molecule has 2 aromatic heterocycles. The highest BCUT2D eigenvalue weighted by Gasteiger charge is 2.06. The van der Waals surface area contributed by atoms with Crippen molar-refractivity contribution in [3.05, 3.63) is 78.6 Å². The third kappa shape index (κ3) is 2.03. The number of benzene rings is 1. The van der Waals surface area contributed by atoms with Crippen molar-refractivity contribution in [2.75, 3.05) is 7.05 Å². The topological polar surface area (TPSA) is 30.2 Å². The molecule has 0 fully saturated rings. The van der Waals surface area contributed by atoms with Crippen molar-refractivity contribution in [2.45, 2.75) is 0 Å². The predicted octanol–water partition coefficient (Wildman–Crippen LogP) is 3.09. The molecule has 0 saturated carbocycles. The van der Waals surface area contributed by atoms with Crippen molar-refractivity contribution < 1.29 is 0 Å². The Morgan fingerprint density at radius 1 is 1.10 bits per heavy atom. The van der Waals surface area contributed by atoms with Gasteiger partial charge >= 0.3 is 0 Å². The Morgan fingerprint density at radius 3 is 2.75 bits per heavy atom. The highest BCUT2D eigenvalue weighted by atomic mass is 15.0. The number of hydrogen-bond donors (Lipinski definition) is 0. The van der Waals surface area contributed by atoms with Gasteiger partial charge in [-0.15, -0.1) is 0 Å². The molecule has 2 heterocycles. The summed E-state index contributed by atoms with van der Waals surface area (Å²) in [6.45, 7) is 4.23. The predicted molar refractivity (Wildman–Crippen MR) is 82.1 cm³/mol. The van der Waals surface area contributed by atoms with Crippen LogP contribution in [0, 0.1) is 0 Å². The van der Waals surface area contributed by atoms with E-state index in [1.54, 1.807) is 7.05 Å². The minimum atomic E-state index is 0.874. The van der Waals surface area contributed by atoms with E-state index >= 15 is 0 Å². The summed E-state index contributed by atoms with van der Waals surface area (Å²) in [5.41, 5.74) is 3.80. The largest absolute Gasteiger partial charge is 0.302 e. The quantitative estimate of drug-likeness (QED) is 0.697. The summed E-state index contributed by atoms with van der Waals surface area (Å²) in [4.78, 5) is 8.67. The number of hydrogen-bond acceptors (Lipinski definition) is 2. The summed E-state index contributed by atoms with van der Waals surface area (Å²) in [5.74, 6) is 0. The Morgan fingerprint density at radius 2 is 1.90 bits per heavy atom. The lowest BCUT2D eigenvalue weighted by atomic mass is 10.1. The summed E-state index contributed by atoms with van der Waals surface area (Å²) in [6, 6.07) is 16.0. The van der Waals surface area contributed by atoms with E-state index in [0.717, 1.165) is 27.7 Å². The molecule has 20 heavy (non-hydrogen) atoms. The van der Waals surface area contributed by atoms with Gasteiger partial charge in [-0.05, 0) is 24.3 Å². The molecule has 3 heteroatoms. The number of fused-ring (bicyclic) bond motifs is 1. The van der Waals surface area contributed by atoms with Crippen molar-refractivity contribution in [3.63, 3.8) is 0 Å². The highest BCUT2D eigenvalue weighted by Crippen LogP contribution is 2.22. The molecule has 0 aliphatic carbocycles. The van der Waals surface area contributed by atoms with Gasteiger partial charge in [0.15, 0.2) is 0 Å². The molecular weight excluding hydrogens is 246 g/mol. The third-order valence-corrected chi connectivity index (χ3v) is 3.32. The van der Waals surface area contributed by atoms with Gasteiger partial charge in [-0.1, -0.05) is 30.8 Å². The van der Waals surface area contributed by atoms with Crippen LogP contribution in [0.5, 0.6) is 0 Å². The first-order valence-corrected chi connectivity index (χ1v) is 6.45. The number of nitrogens with zero attached hydrogens (tertiary/aromatic N) is 3. The van der Waals surface area contributed by atoms with Gasteiger partial charge in [0.25, 0.3) is 0 Å². The molecule has 98 valence electrons. The van der Waals surface area contributed by atoms with Crippen molar-refractivity contribution in [3.8, 4) is 0 Å². The van der Waals surface area contributed by atoms with E-state index in [-0.39, 0.29) is 0 Å². The second kappa shape index (κ2) is 5.13. The first-order valence-electron chi connectivity index (χ1n) is 6.45. The number of aromatic nitrogens is 2. The van der Waals surface area contributed by atoms with Crippen LogP contribution >= 0.6 is 0 Å². The van der Waals surface area contributed by atoms with Gasteiger partial charge < -0.3 is 4.57 Å². The molecule has 3 rings (SSSR count). The first-order chi connectivity index (χ1) is 9.81. The van der Waals surface area contributed by atoms with Gasteiger partial charge in [0.2, 0.25) is 0 Å². The SMILES string of the molecule is C=C(c1ccnc2ccccc12)n1cccc/c1=N/C. The van der Waals surface area contributed by atoms with E-state index in [1.807, 2.05) is 59.4 Å². The maximum Gasteiger partial charge on any atom is 0.131 e. The summed E-state index contributed by atoms with van der Waals surface area (Å²) in [6.07, 6.45) is 3.79. The van der Waals surface area contributed by atoms with E-state index in [4.69, 9.17) is 0 Å². The van der Waals surface area contributed by atoms with Crippen LogP contribution in [0.4, 0.5) is 0 Å². The smallest absolute Gasteiger partial charge is 0.131 e. The van der Waals surface area contributed by atoms with Crippen LogP contribution in [-0.2, 0) is 0 Å². The fourth-order valence-corrected chi connectivity index (χ4v) is 2.32. The fraction of sp³-hybridized carbons (Fsp3) is 0.0588. The number of rotatable bonds is 2. The van der Waals surface area contributed by atoms with Gasteiger partial charge in [0.1, 0.15) is 5.49 Å². The van der Waals surface area contributed by atoms with Crippen LogP contribution in [0.2, 0.25) is 0 Å². The normalized spacial score (nSPS) is 11.8. The van der Waals surface area contributed by atoms with Crippen LogP contribution in [0.25, 0.3) is 16.6 Å². The molecule has 0 aliphatic heterocycles. The lowest BCUT2D eigenvalue weighted by Gasteiger charge is -2.12. The first kappa shape index (κ1) is 12.4. The summed E-state index contributed by atoms with van der Waals surface area (Å²) < 4.78 is 1.99. The Bertz CT molecular complexity index is 838. The molecular formula is C17H15N3. The van der Waals surface area contributed by atoms with Crippen LogP contribution in [0.15, 0.2) is 72.5 Å². The van der Waals surface area contributed by atoms with Crippen molar-refractivity contribution in [1.29, 1.82) is 0 Å². The Hall–Kier alpha value is -2.68. The van der Waals surface area contributed by atoms with Gasteiger partial charge in [0, 0.05) is 36.1 Å². The summed E-state index contributed by atoms with van der Waals surface area (Å²) in [5, 5.41) is 1.10. The zero-order valence-corrected chi connectivity index (χ0v) is 11.3. The van der Waals surface area contributed by atoms with Crippen molar-refractivity contribution >= 4 is 16.6 Å². The van der Waals surface area contributed by atoms with Crippen molar-refractivity contribution in [1.82, 2.24) is 9.55 Å². The average molecular weight is 261 g/mol. The minimum Gasteiger partial charge on any atom is -0.302 e. The van der Waals surface area contributed by atoms with E-state index < -0.39 is 0 Å². The number of pyridine rings is 2. The number of para-hydroxylation sites is 1. The second-order valence-electron chi connectivity index (χ2n) is 4.47. The zero-order chi connectivity index (χ0) is 13.9. The molecule has 0 N–H and O–H groups in total. The van der Waals surface area contributed by atoms with Gasteiger partial charge in [0.05, 0.1) is 5.52 Å². The monoisotopic (exact) mass is 261 g/mol. The van der Waals surface area contributed by atoms with Crippen LogP contribution < -0.4 is 5.49 Å². The van der Waals surface area contributed by atoms with Gasteiger partial charge in [-0.25, -0.2) is 0 Å². The van der Waals surface area contributed by atoms with Crippen LogP contribution in [0.3, 0.4) is 0 Å². The van der Waals surface area contributed by atoms with E-state index in [0.29, 0.717) is 0 Å². The molecule has 3 aromatic rings. The molecule has 0 unspecified atom stereocenters. The van der Waals surface area contributed by atoms with Crippen molar-refractivity contribution in [2.24, 2.45) is 4.99 Å². The fourth-order valence-electron chi connectivity index (χ4n) is 2.32. The molecule has 1 aromatic carbocycles. The van der Waals surface area contributed by atoms with E-state index in [2.05, 4.69) is 22.6 Å². The van der Waals surface area contributed by atoms with Crippen LogP contribution in [-0.4, -0.2) is 16.6 Å². The maximum absolute atomic E-state index is 4.39. The molecule has 0 saturated heterocycles. The Balaban J connectivity index is 2.24. The van der Waals surface area contributed by atoms with Gasteiger partial charge in [-0.2, -0.15) is 0 Å². The van der Waals surface area contributed by atoms with E-state index in [1.165, 1.54) is 0 Å². The lowest BCUT2D eigenvalue weighted by Crippen LogP contribution is -2.18. The molecule has 0 bridgehead atoms. The summed E-state index contributed by atoms with van der Waals surface area (Å²) in [7, 11) is 1.78. The standard InChI is InChI=1S/C17H15N3/c1-13(20-12-6-5-9-17(20)18-2)14-10-11-19-16-8-4-3-7-15(14)16/h3-12H,1H2,2H3/b18-17-. The molecule has 0 aliphatic rings. The molecule has 0 atom stereocenters. The highest BCUT2D eigenvalue weighted by molar-refractivity contribution is 5.90. The second-order valence-corrected chi connectivity index (χ2v) is 4.47. The third-order valence-electron chi connectivity index (χ3n) is 3.32. The maximum atomic E-state index is 4.39. The average Bonchev–Trinajstić information content (AvgIpc) is 2.53. The zero-order valence-electron chi connectivity index (χ0n) is 11.3. The van der Waals surface area contributed by atoms with Crippen LogP contribution in [0.1, 0.15) is 5.56 Å². The molecule has 0 spiro atoms.